The number of aliphatic hydroxyl groups is 1. The molecule has 2 N–H and O–H groups in total. The van der Waals surface area contributed by atoms with Crippen molar-refractivity contribution < 1.29 is 5.11 Å². The minimum atomic E-state index is -0.145. The second kappa shape index (κ2) is 4.41. The summed E-state index contributed by atoms with van der Waals surface area (Å²) in [5.74, 6) is 0. The standard InChI is InChI=1S/C14H15ClN2O/c15-10-2-3-11-12(4-7-16-13(11)8-10)17-14(9-18)5-1-6-14/h2-4,7-8,18H,1,5-6,9H2,(H,16,17). The third kappa shape index (κ3) is 1.93. The van der Waals surface area contributed by atoms with Crippen molar-refractivity contribution in [1.29, 1.82) is 0 Å². The molecule has 0 radical (unpaired) electrons. The third-order valence-electron chi connectivity index (χ3n) is 3.72. The molecule has 1 aliphatic rings. The van der Waals surface area contributed by atoms with Gasteiger partial charge >= 0.3 is 0 Å². The van der Waals surface area contributed by atoms with E-state index in [1.54, 1.807) is 6.20 Å². The summed E-state index contributed by atoms with van der Waals surface area (Å²) in [5, 5.41) is 14.7. The molecule has 2 aromatic rings. The van der Waals surface area contributed by atoms with Crippen molar-refractivity contribution in [1.82, 2.24) is 4.98 Å². The molecule has 1 fully saturated rings. The zero-order valence-corrected chi connectivity index (χ0v) is 10.7. The summed E-state index contributed by atoms with van der Waals surface area (Å²) in [6, 6.07) is 7.64. The molecule has 0 bridgehead atoms. The van der Waals surface area contributed by atoms with Gasteiger partial charge in [-0.1, -0.05) is 11.6 Å². The number of benzene rings is 1. The van der Waals surface area contributed by atoms with Gasteiger partial charge in [0.2, 0.25) is 0 Å². The van der Waals surface area contributed by atoms with Crippen molar-refractivity contribution in [2.45, 2.75) is 24.8 Å². The van der Waals surface area contributed by atoms with Crippen molar-refractivity contribution >= 4 is 28.2 Å². The lowest BCUT2D eigenvalue weighted by atomic mass is 9.77. The summed E-state index contributed by atoms with van der Waals surface area (Å²) >= 11 is 5.97. The summed E-state index contributed by atoms with van der Waals surface area (Å²) in [6.45, 7) is 0.171. The second-order valence-electron chi connectivity index (χ2n) is 4.94. The highest BCUT2D eigenvalue weighted by Crippen LogP contribution is 2.36. The van der Waals surface area contributed by atoms with E-state index in [4.69, 9.17) is 11.6 Å². The van der Waals surface area contributed by atoms with Crippen LogP contribution in [0.4, 0.5) is 5.69 Å². The van der Waals surface area contributed by atoms with Crippen LogP contribution in [0.25, 0.3) is 10.9 Å². The van der Waals surface area contributed by atoms with E-state index in [9.17, 15) is 5.11 Å². The molecule has 0 aliphatic heterocycles. The lowest BCUT2D eigenvalue weighted by Crippen LogP contribution is -2.48. The quantitative estimate of drug-likeness (QED) is 0.893. The van der Waals surface area contributed by atoms with E-state index in [2.05, 4.69) is 10.3 Å². The number of anilines is 1. The molecule has 4 heteroatoms. The largest absolute Gasteiger partial charge is 0.394 e. The normalized spacial score (nSPS) is 17.4. The van der Waals surface area contributed by atoms with Gasteiger partial charge in [-0.25, -0.2) is 0 Å². The van der Waals surface area contributed by atoms with Gasteiger partial charge in [-0.15, -0.1) is 0 Å². The van der Waals surface area contributed by atoms with E-state index >= 15 is 0 Å². The average molecular weight is 263 g/mol. The van der Waals surface area contributed by atoms with Crippen LogP contribution in [0.2, 0.25) is 5.02 Å². The Bertz CT molecular complexity index is 576. The Morgan fingerprint density at radius 1 is 1.33 bits per heavy atom. The summed E-state index contributed by atoms with van der Waals surface area (Å²) in [5.41, 5.74) is 1.75. The van der Waals surface area contributed by atoms with Gasteiger partial charge in [0.25, 0.3) is 0 Å². The molecule has 3 nitrogen and oxygen atoms in total. The van der Waals surface area contributed by atoms with Gasteiger partial charge in [-0.3, -0.25) is 4.98 Å². The second-order valence-corrected chi connectivity index (χ2v) is 5.37. The van der Waals surface area contributed by atoms with Gasteiger partial charge in [0.1, 0.15) is 0 Å². The number of halogens is 1. The average Bonchev–Trinajstić information content (AvgIpc) is 2.33. The number of aromatic nitrogens is 1. The number of nitrogens with one attached hydrogen (secondary N) is 1. The van der Waals surface area contributed by atoms with Gasteiger partial charge in [-0.2, -0.15) is 0 Å². The molecule has 3 rings (SSSR count). The number of pyridine rings is 1. The number of aliphatic hydroxyl groups excluding tert-OH is 1. The Labute approximate surface area is 111 Å². The van der Waals surface area contributed by atoms with Crippen LogP contribution in [0.1, 0.15) is 19.3 Å². The number of hydrogen-bond donors (Lipinski definition) is 2. The minimum Gasteiger partial charge on any atom is -0.394 e. The zero-order chi connectivity index (χ0) is 12.6. The third-order valence-corrected chi connectivity index (χ3v) is 3.95. The molecule has 94 valence electrons. The molecule has 0 spiro atoms. The van der Waals surface area contributed by atoms with Gasteiger partial charge in [-0.05, 0) is 43.5 Å². The SMILES string of the molecule is OCC1(Nc2ccnc3cc(Cl)ccc23)CCC1. The fourth-order valence-corrected chi connectivity index (χ4v) is 2.61. The van der Waals surface area contributed by atoms with Gasteiger partial charge < -0.3 is 10.4 Å². The van der Waals surface area contributed by atoms with Crippen LogP contribution in [0.3, 0.4) is 0 Å². The van der Waals surface area contributed by atoms with Gasteiger partial charge in [0, 0.05) is 22.3 Å². The van der Waals surface area contributed by atoms with Crippen LogP contribution in [0.5, 0.6) is 0 Å². The minimum absolute atomic E-state index is 0.145. The first-order valence-corrected chi connectivity index (χ1v) is 6.54. The number of nitrogens with zero attached hydrogens (tertiary/aromatic N) is 1. The van der Waals surface area contributed by atoms with Crippen LogP contribution < -0.4 is 5.32 Å². The maximum Gasteiger partial charge on any atom is 0.0737 e. The molecule has 1 aliphatic carbocycles. The number of fused-ring (bicyclic) bond motifs is 1. The topological polar surface area (TPSA) is 45.1 Å². The molecular weight excluding hydrogens is 248 g/mol. The monoisotopic (exact) mass is 262 g/mol. The Balaban J connectivity index is 2.01. The lowest BCUT2D eigenvalue weighted by molar-refractivity contribution is 0.144. The lowest BCUT2D eigenvalue weighted by Gasteiger charge is -2.42. The molecule has 1 heterocycles. The Kier molecular flexibility index (Phi) is 2.88. The van der Waals surface area contributed by atoms with Crippen LogP contribution in [0, 0.1) is 0 Å². The zero-order valence-electron chi connectivity index (χ0n) is 9.99. The Hall–Kier alpha value is -1.32. The molecule has 0 amide bonds. The summed E-state index contributed by atoms with van der Waals surface area (Å²) < 4.78 is 0. The van der Waals surface area contributed by atoms with E-state index in [1.165, 1.54) is 6.42 Å². The van der Waals surface area contributed by atoms with Gasteiger partial charge in [0.15, 0.2) is 0 Å². The van der Waals surface area contributed by atoms with Crippen LogP contribution in [0.15, 0.2) is 30.5 Å². The summed E-state index contributed by atoms with van der Waals surface area (Å²) in [6.07, 6.45) is 4.97. The van der Waals surface area contributed by atoms with Gasteiger partial charge in [0.05, 0.1) is 17.7 Å². The smallest absolute Gasteiger partial charge is 0.0737 e. The molecule has 18 heavy (non-hydrogen) atoms. The van der Waals surface area contributed by atoms with E-state index in [1.807, 2.05) is 24.3 Å². The Morgan fingerprint density at radius 3 is 2.83 bits per heavy atom. The van der Waals surface area contributed by atoms with E-state index in [0.29, 0.717) is 5.02 Å². The maximum atomic E-state index is 9.51. The van der Waals surface area contributed by atoms with Crippen LogP contribution >= 0.6 is 11.6 Å². The predicted molar refractivity (Wildman–Crippen MR) is 74.0 cm³/mol. The van der Waals surface area contributed by atoms with E-state index < -0.39 is 0 Å². The van der Waals surface area contributed by atoms with Crippen molar-refractivity contribution in [3.05, 3.63) is 35.5 Å². The first-order chi connectivity index (χ1) is 8.72. The predicted octanol–water partition coefficient (Wildman–Crippen LogP) is 3.22. The fourth-order valence-electron chi connectivity index (χ4n) is 2.44. The number of rotatable bonds is 3. The van der Waals surface area contributed by atoms with Crippen molar-refractivity contribution in [3.63, 3.8) is 0 Å². The van der Waals surface area contributed by atoms with Crippen LogP contribution in [-0.2, 0) is 0 Å². The first-order valence-electron chi connectivity index (χ1n) is 6.16. The summed E-state index contributed by atoms with van der Waals surface area (Å²) in [7, 11) is 0. The van der Waals surface area contributed by atoms with Crippen LogP contribution in [-0.4, -0.2) is 22.2 Å². The maximum absolute atomic E-state index is 9.51. The highest BCUT2D eigenvalue weighted by Gasteiger charge is 2.36. The van der Waals surface area contributed by atoms with Crippen molar-refractivity contribution in [2.24, 2.45) is 0 Å². The molecule has 0 unspecified atom stereocenters. The summed E-state index contributed by atoms with van der Waals surface area (Å²) in [4.78, 5) is 4.32. The Morgan fingerprint density at radius 2 is 2.17 bits per heavy atom. The van der Waals surface area contributed by atoms with E-state index in [0.717, 1.165) is 29.4 Å². The molecular formula is C14H15ClN2O. The highest BCUT2D eigenvalue weighted by atomic mass is 35.5. The molecule has 0 atom stereocenters. The molecule has 0 saturated heterocycles. The first kappa shape index (κ1) is 11.8. The van der Waals surface area contributed by atoms with E-state index in [-0.39, 0.29) is 12.1 Å². The molecule has 1 aromatic carbocycles. The highest BCUT2D eigenvalue weighted by molar-refractivity contribution is 6.31. The van der Waals surface area contributed by atoms with Crippen molar-refractivity contribution in [3.8, 4) is 0 Å². The fraction of sp³-hybridized carbons (Fsp3) is 0.357. The number of hydrogen-bond acceptors (Lipinski definition) is 3. The van der Waals surface area contributed by atoms with Crippen molar-refractivity contribution in [2.75, 3.05) is 11.9 Å². The molecule has 1 saturated carbocycles. The molecule has 1 aromatic heterocycles.